The average molecular weight is 283 g/mol. The van der Waals surface area contributed by atoms with Crippen molar-refractivity contribution in [2.24, 2.45) is 5.84 Å². The van der Waals surface area contributed by atoms with E-state index in [4.69, 9.17) is 17.4 Å². The zero-order valence-electron chi connectivity index (χ0n) is 11.4. The Balaban J connectivity index is 2.52. The first-order chi connectivity index (χ1) is 9.12. The minimum Gasteiger partial charge on any atom is -0.270 e. The van der Waals surface area contributed by atoms with Crippen molar-refractivity contribution < 1.29 is 0 Å². The molecule has 0 saturated heterocycles. The zero-order valence-corrected chi connectivity index (χ0v) is 12.1. The Morgan fingerprint density at radius 2 is 2.05 bits per heavy atom. The molecule has 0 aliphatic carbocycles. The lowest BCUT2D eigenvalue weighted by Gasteiger charge is -2.19. The summed E-state index contributed by atoms with van der Waals surface area (Å²) in [5.41, 5.74) is 5.62. The van der Waals surface area contributed by atoms with Gasteiger partial charge in [-0.15, -0.1) is 0 Å². The first kappa shape index (κ1) is 14.0. The Bertz CT molecular complexity index is 559. The molecule has 3 N–H and O–H groups in total. The van der Waals surface area contributed by atoms with E-state index in [0.29, 0.717) is 5.02 Å². The van der Waals surface area contributed by atoms with Crippen molar-refractivity contribution in [3.8, 4) is 0 Å². The second-order valence-corrected chi connectivity index (χ2v) is 4.73. The third-order valence-electron chi connectivity index (χ3n) is 3.10. The molecular weight excluding hydrogens is 264 g/mol. The molecule has 0 radical (unpaired) electrons. The standard InChI is InChI=1S/C12H19ClN6/c1-4-18-10(6-8(3)17-18)11(16-14)12-9(13)7-15-19(12)5-2/h6-7,11,16H,4-5,14H2,1-3H3. The highest BCUT2D eigenvalue weighted by Crippen LogP contribution is 2.28. The first-order valence-corrected chi connectivity index (χ1v) is 6.71. The van der Waals surface area contributed by atoms with Crippen molar-refractivity contribution in [2.45, 2.75) is 39.9 Å². The Morgan fingerprint density at radius 3 is 2.63 bits per heavy atom. The van der Waals surface area contributed by atoms with Crippen molar-refractivity contribution in [3.05, 3.63) is 34.4 Å². The van der Waals surface area contributed by atoms with Crippen molar-refractivity contribution in [2.75, 3.05) is 0 Å². The third kappa shape index (κ3) is 2.51. The van der Waals surface area contributed by atoms with E-state index in [1.165, 1.54) is 0 Å². The fourth-order valence-electron chi connectivity index (χ4n) is 2.27. The van der Waals surface area contributed by atoms with E-state index in [1.807, 2.05) is 36.2 Å². The van der Waals surface area contributed by atoms with Crippen LogP contribution in [0.2, 0.25) is 5.02 Å². The summed E-state index contributed by atoms with van der Waals surface area (Å²) in [6.45, 7) is 7.53. The van der Waals surface area contributed by atoms with Gasteiger partial charge in [0.15, 0.2) is 0 Å². The maximum atomic E-state index is 6.24. The van der Waals surface area contributed by atoms with Gasteiger partial charge in [0, 0.05) is 13.1 Å². The molecule has 0 bridgehead atoms. The molecule has 2 heterocycles. The zero-order chi connectivity index (χ0) is 14.0. The molecule has 2 aromatic rings. The maximum absolute atomic E-state index is 6.24. The predicted molar refractivity (Wildman–Crippen MR) is 74.7 cm³/mol. The Kier molecular flexibility index (Phi) is 4.24. The normalized spacial score (nSPS) is 12.9. The highest BCUT2D eigenvalue weighted by Gasteiger charge is 2.24. The summed E-state index contributed by atoms with van der Waals surface area (Å²) in [7, 11) is 0. The van der Waals surface area contributed by atoms with Gasteiger partial charge in [-0.1, -0.05) is 11.6 Å². The van der Waals surface area contributed by atoms with Gasteiger partial charge in [0.05, 0.1) is 28.3 Å². The van der Waals surface area contributed by atoms with Gasteiger partial charge in [0.25, 0.3) is 0 Å². The summed E-state index contributed by atoms with van der Waals surface area (Å²) in [5.74, 6) is 5.73. The van der Waals surface area contributed by atoms with E-state index in [0.717, 1.165) is 30.2 Å². The van der Waals surface area contributed by atoms with Crippen LogP contribution in [-0.4, -0.2) is 19.6 Å². The monoisotopic (exact) mass is 282 g/mol. The van der Waals surface area contributed by atoms with Crippen LogP contribution in [0.15, 0.2) is 12.3 Å². The molecule has 0 spiro atoms. The van der Waals surface area contributed by atoms with Crippen LogP contribution in [0, 0.1) is 6.92 Å². The van der Waals surface area contributed by atoms with Crippen LogP contribution in [0.3, 0.4) is 0 Å². The molecular formula is C12H19ClN6. The van der Waals surface area contributed by atoms with Gasteiger partial charge >= 0.3 is 0 Å². The second-order valence-electron chi connectivity index (χ2n) is 4.32. The Hall–Kier alpha value is -1.37. The largest absolute Gasteiger partial charge is 0.270 e. The van der Waals surface area contributed by atoms with Crippen LogP contribution in [0.4, 0.5) is 0 Å². The molecule has 0 saturated carbocycles. The summed E-state index contributed by atoms with van der Waals surface area (Å²) < 4.78 is 3.76. The Labute approximate surface area is 117 Å². The van der Waals surface area contributed by atoms with Crippen LogP contribution >= 0.6 is 11.6 Å². The fourth-order valence-corrected chi connectivity index (χ4v) is 2.52. The number of rotatable bonds is 5. The lowest BCUT2D eigenvalue weighted by Crippen LogP contribution is -2.32. The van der Waals surface area contributed by atoms with Gasteiger partial charge in [-0.3, -0.25) is 15.2 Å². The van der Waals surface area contributed by atoms with E-state index in [2.05, 4.69) is 15.6 Å². The quantitative estimate of drug-likeness (QED) is 0.646. The minimum absolute atomic E-state index is 0.226. The van der Waals surface area contributed by atoms with Gasteiger partial charge < -0.3 is 0 Å². The van der Waals surface area contributed by atoms with Gasteiger partial charge in [-0.2, -0.15) is 10.2 Å². The SMILES string of the molecule is CCn1nc(C)cc1C(NN)c1c(Cl)cnn1CC. The molecule has 0 aliphatic heterocycles. The number of aromatic nitrogens is 4. The van der Waals surface area contributed by atoms with E-state index >= 15 is 0 Å². The van der Waals surface area contributed by atoms with E-state index in [9.17, 15) is 0 Å². The summed E-state index contributed by atoms with van der Waals surface area (Å²) >= 11 is 6.24. The molecule has 6 nitrogen and oxygen atoms in total. The number of hydrogen-bond donors (Lipinski definition) is 2. The van der Waals surface area contributed by atoms with Crippen LogP contribution in [-0.2, 0) is 13.1 Å². The fraction of sp³-hybridized carbons (Fsp3) is 0.500. The molecule has 7 heteroatoms. The van der Waals surface area contributed by atoms with Gasteiger partial charge in [-0.05, 0) is 26.8 Å². The molecule has 0 amide bonds. The highest BCUT2D eigenvalue weighted by molar-refractivity contribution is 6.31. The molecule has 1 unspecified atom stereocenters. The van der Waals surface area contributed by atoms with Crippen LogP contribution in [0.5, 0.6) is 0 Å². The van der Waals surface area contributed by atoms with Gasteiger partial charge in [-0.25, -0.2) is 5.43 Å². The summed E-state index contributed by atoms with van der Waals surface area (Å²) in [5, 5.41) is 9.29. The lowest BCUT2D eigenvalue weighted by molar-refractivity contribution is 0.500. The first-order valence-electron chi connectivity index (χ1n) is 6.34. The van der Waals surface area contributed by atoms with Crippen molar-refractivity contribution in [3.63, 3.8) is 0 Å². The average Bonchev–Trinajstić information content (AvgIpc) is 2.95. The van der Waals surface area contributed by atoms with Crippen molar-refractivity contribution in [1.82, 2.24) is 25.0 Å². The van der Waals surface area contributed by atoms with Crippen LogP contribution in [0.25, 0.3) is 0 Å². The van der Waals surface area contributed by atoms with Crippen LogP contribution < -0.4 is 11.3 Å². The summed E-state index contributed by atoms with van der Waals surface area (Å²) in [6.07, 6.45) is 1.64. The van der Waals surface area contributed by atoms with E-state index < -0.39 is 0 Å². The van der Waals surface area contributed by atoms with Crippen LogP contribution in [0.1, 0.15) is 37.0 Å². The summed E-state index contributed by atoms with van der Waals surface area (Å²) in [4.78, 5) is 0. The third-order valence-corrected chi connectivity index (χ3v) is 3.39. The van der Waals surface area contributed by atoms with Gasteiger partial charge in [0.2, 0.25) is 0 Å². The Morgan fingerprint density at radius 1 is 1.37 bits per heavy atom. The molecule has 0 aliphatic rings. The number of halogens is 1. The van der Waals surface area contributed by atoms with E-state index in [1.54, 1.807) is 6.20 Å². The van der Waals surface area contributed by atoms with Crippen molar-refractivity contribution >= 4 is 11.6 Å². The van der Waals surface area contributed by atoms with Crippen molar-refractivity contribution in [1.29, 1.82) is 0 Å². The van der Waals surface area contributed by atoms with Gasteiger partial charge in [0.1, 0.15) is 6.04 Å². The maximum Gasteiger partial charge on any atom is 0.106 e. The molecule has 0 aromatic carbocycles. The van der Waals surface area contributed by atoms with E-state index in [-0.39, 0.29) is 6.04 Å². The number of hydrogen-bond acceptors (Lipinski definition) is 4. The number of aryl methyl sites for hydroxylation is 3. The lowest BCUT2D eigenvalue weighted by atomic mass is 10.1. The molecule has 1 atom stereocenters. The number of nitrogens with two attached hydrogens (primary N) is 1. The number of hydrazine groups is 1. The topological polar surface area (TPSA) is 73.7 Å². The highest BCUT2D eigenvalue weighted by atomic mass is 35.5. The second kappa shape index (κ2) is 5.73. The molecule has 104 valence electrons. The summed E-state index contributed by atoms with van der Waals surface area (Å²) in [6, 6.07) is 1.79. The number of nitrogens with one attached hydrogen (secondary N) is 1. The predicted octanol–water partition coefficient (Wildman–Crippen LogP) is 1.63. The minimum atomic E-state index is -0.226. The number of nitrogens with zero attached hydrogens (tertiary/aromatic N) is 4. The molecule has 2 rings (SSSR count). The molecule has 2 aromatic heterocycles. The smallest absolute Gasteiger partial charge is 0.106 e. The molecule has 0 fully saturated rings. The molecule has 19 heavy (non-hydrogen) atoms.